The third-order valence-corrected chi connectivity index (χ3v) is 4.00. The summed E-state index contributed by atoms with van der Waals surface area (Å²) in [5.41, 5.74) is 0.950. The van der Waals surface area contributed by atoms with Crippen molar-refractivity contribution in [2.45, 2.75) is 19.4 Å². The smallest absolute Gasteiger partial charge is 0.263 e. The molecule has 0 aliphatic heterocycles. The monoisotopic (exact) mass is 301 g/mol. The maximum Gasteiger partial charge on any atom is 0.263 e. The molecule has 5 heteroatoms. The third-order valence-electron chi connectivity index (χ3n) is 2.71. The van der Waals surface area contributed by atoms with Crippen LogP contribution in [0.2, 0.25) is 4.34 Å². The van der Waals surface area contributed by atoms with E-state index in [2.05, 4.69) is 5.32 Å². The third kappa shape index (κ3) is 4.56. The molecule has 1 aromatic carbocycles. The number of rotatable bonds is 6. The van der Waals surface area contributed by atoms with E-state index in [1.807, 2.05) is 18.2 Å². The number of alkyl halides is 2. The van der Waals surface area contributed by atoms with E-state index >= 15 is 0 Å². The Labute approximate surface area is 120 Å². The first kappa shape index (κ1) is 14.4. The minimum atomic E-state index is -2.41. The molecule has 0 aliphatic rings. The molecule has 0 unspecified atom stereocenters. The lowest BCUT2D eigenvalue weighted by molar-refractivity contribution is 0.151. The van der Waals surface area contributed by atoms with E-state index < -0.39 is 6.43 Å². The first-order valence-corrected chi connectivity index (χ1v) is 7.16. The van der Waals surface area contributed by atoms with Crippen LogP contribution in [0.3, 0.4) is 0 Å². The van der Waals surface area contributed by atoms with E-state index in [9.17, 15) is 8.78 Å². The molecule has 2 rings (SSSR count). The summed E-state index contributed by atoms with van der Waals surface area (Å²) >= 11 is 7.41. The van der Waals surface area contributed by atoms with Crippen LogP contribution in [0.15, 0.2) is 36.4 Å². The summed E-state index contributed by atoms with van der Waals surface area (Å²) in [6.45, 7) is 1.40. The molecule has 0 spiro atoms. The molecule has 1 aromatic heterocycles. The molecule has 1 heterocycles. The van der Waals surface area contributed by atoms with Gasteiger partial charge in [0.1, 0.15) is 0 Å². The highest BCUT2D eigenvalue weighted by Crippen LogP contribution is 2.21. The summed E-state index contributed by atoms with van der Waals surface area (Å²) in [4.78, 5) is 1.22. The molecule has 0 aliphatic carbocycles. The fourth-order valence-corrected chi connectivity index (χ4v) is 2.86. The van der Waals surface area contributed by atoms with Gasteiger partial charge >= 0.3 is 0 Å². The van der Waals surface area contributed by atoms with E-state index in [4.69, 9.17) is 11.6 Å². The predicted molar refractivity (Wildman–Crippen MR) is 76.1 cm³/mol. The molecule has 0 atom stereocenters. The molecule has 102 valence electrons. The summed E-state index contributed by atoms with van der Waals surface area (Å²) in [5.74, 6) is 0. The van der Waals surface area contributed by atoms with Crippen molar-refractivity contribution in [1.82, 2.24) is 5.32 Å². The van der Waals surface area contributed by atoms with Crippen molar-refractivity contribution >= 4 is 22.9 Å². The number of hydrogen-bond acceptors (Lipinski definition) is 2. The highest BCUT2D eigenvalue weighted by atomic mass is 35.5. The average molecular weight is 302 g/mol. The van der Waals surface area contributed by atoms with E-state index in [1.54, 1.807) is 23.5 Å². The Kier molecular flexibility index (Phi) is 5.31. The van der Waals surface area contributed by atoms with Crippen LogP contribution in [0, 0.1) is 0 Å². The normalized spacial score (nSPS) is 11.2. The minimum Gasteiger partial charge on any atom is -0.312 e. The van der Waals surface area contributed by atoms with Gasteiger partial charge in [0, 0.05) is 23.5 Å². The minimum absolute atomic E-state index is 0.0735. The van der Waals surface area contributed by atoms with Crippen LogP contribution in [0.25, 0.3) is 0 Å². The van der Waals surface area contributed by atoms with Gasteiger partial charge in [0.05, 0.1) is 4.34 Å². The largest absolute Gasteiger partial charge is 0.312 e. The molecule has 0 fully saturated rings. The van der Waals surface area contributed by atoms with Gasteiger partial charge in [-0.2, -0.15) is 0 Å². The van der Waals surface area contributed by atoms with Crippen molar-refractivity contribution in [1.29, 1.82) is 0 Å². The Hall–Kier alpha value is -0.970. The first-order chi connectivity index (χ1) is 9.15. The second-order valence-electron chi connectivity index (χ2n) is 4.18. The van der Waals surface area contributed by atoms with E-state index in [0.29, 0.717) is 6.54 Å². The van der Waals surface area contributed by atoms with E-state index in [0.717, 1.165) is 22.9 Å². The van der Waals surface area contributed by atoms with Crippen molar-refractivity contribution in [3.63, 3.8) is 0 Å². The molecule has 0 saturated carbocycles. The van der Waals surface area contributed by atoms with Gasteiger partial charge in [0.15, 0.2) is 0 Å². The van der Waals surface area contributed by atoms with Crippen LogP contribution in [-0.2, 0) is 13.0 Å². The van der Waals surface area contributed by atoms with Crippen LogP contribution >= 0.6 is 22.9 Å². The Morgan fingerprint density at radius 3 is 2.74 bits per heavy atom. The fraction of sp³-hybridized carbons (Fsp3) is 0.286. The summed E-state index contributed by atoms with van der Waals surface area (Å²) in [5, 5.41) is 3.24. The molecule has 0 radical (unpaired) electrons. The number of hydrogen-bond donors (Lipinski definition) is 1. The number of benzene rings is 1. The van der Waals surface area contributed by atoms with Gasteiger partial charge in [0.2, 0.25) is 0 Å². The lowest BCUT2D eigenvalue weighted by Crippen LogP contribution is -2.16. The maximum atomic E-state index is 12.5. The summed E-state index contributed by atoms with van der Waals surface area (Å²) in [6, 6.07) is 10.4. The predicted octanol–water partition coefficient (Wildman–Crippen LogP) is 4.67. The zero-order valence-electron chi connectivity index (χ0n) is 10.2. The fourth-order valence-electron chi connectivity index (χ4n) is 1.77. The molecule has 1 nitrogen and oxygen atoms in total. The van der Waals surface area contributed by atoms with Crippen LogP contribution in [0.4, 0.5) is 8.78 Å². The van der Waals surface area contributed by atoms with Crippen LogP contribution < -0.4 is 5.32 Å². The van der Waals surface area contributed by atoms with Gasteiger partial charge < -0.3 is 5.32 Å². The lowest BCUT2D eigenvalue weighted by atomic mass is 10.1. The number of halogens is 3. The van der Waals surface area contributed by atoms with Crippen LogP contribution in [0.1, 0.15) is 22.4 Å². The second kappa shape index (κ2) is 6.98. The SMILES string of the molecule is FC(F)c1cccc(CNCCc2ccc(Cl)s2)c1. The van der Waals surface area contributed by atoms with Crippen LogP contribution in [0.5, 0.6) is 0 Å². The zero-order valence-corrected chi connectivity index (χ0v) is 11.8. The standard InChI is InChI=1S/C14H14ClF2NS/c15-13-5-4-12(19-13)6-7-18-9-10-2-1-3-11(8-10)14(16)17/h1-5,8,14,18H,6-7,9H2. The molecule has 19 heavy (non-hydrogen) atoms. The maximum absolute atomic E-state index is 12.5. The molecule has 0 amide bonds. The van der Waals surface area contributed by atoms with Crippen molar-refractivity contribution < 1.29 is 8.78 Å². The molecule has 2 aromatic rings. The van der Waals surface area contributed by atoms with Gasteiger partial charge in [-0.3, -0.25) is 0 Å². The Morgan fingerprint density at radius 2 is 2.05 bits per heavy atom. The van der Waals surface area contributed by atoms with Gasteiger partial charge in [-0.25, -0.2) is 8.78 Å². The Morgan fingerprint density at radius 1 is 1.21 bits per heavy atom. The molecule has 0 saturated heterocycles. The second-order valence-corrected chi connectivity index (χ2v) is 5.98. The van der Waals surface area contributed by atoms with E-state index in [1.165, 1.54) is 10.9 Å². The van der Waals surface area contributed by atoms with Crippen molar-refractivity contribution in [3.05, 3.63) is 56.7 Å². The zero-order chi connectivity index (χ0) is 13.7. The first-order valence-electron chi connectivity index (χ1n) is 5.97. The van der Waals surface area contributed by atoms with Crippen molar-refractivity contribution in [3.8, 4) is 0 Å². The topological polar surface area (TPSA) is 12.0 Å². The van der Waals surface area contributed by atoms with Gasteiger partial charge in [0.25, 0.3) is 6.43 Å². The quantitative estimate of drug-likeness (QED) is 0.764. The van der Waals surface area contributed by atoms with Crippen molar-refractivity contribution in [2.24, 2.45) is 0 Å². The lowest BCUT2D eigenvalue weighted by Gasteiger charge is -2.06. The van der Waals surface area contributed by atoms with Gasteiger partial charge in [-0.1, -0.05) is 29.8 Å². The van der Waals surface area contributed by atoms with Crippen molar-refractivity contribution in [2.75, 3.05) is 6.54 Å². The Bertz CT molecular complexity index is 528. The summed E-state index contributed by atoms with van der Waals surface area (Å²) in [6.07, 6.45) is -1.51. The van der Waals surface area contributed by atoms with E-state index in [-0.39, 0.29) is 5.56 Å². The molecule has 1 N–H and O–H groups in total. The van der Waals surface area contributed by atoms with Gasteiger partial charge in [-0.05, 0) is 30.2 Å². The highest BCUT2D eigenvalue weighted by Gasteiger charge is 2.06. The van der Waals surface area contributed by atoms with Gasteiger partial charge in [-0.15, -0.1) is 11.3 Å². The molecular formula is C14H14ClF2NS. The molecule has 0 bridgehead atoms. The molecular weight excluding hydrogens is 288 g/mol. The van der Waals surface area contributed by atoms with Crippen LogP contribution in [-0.4, -0.2) is 6.54 Å². The summed E-state index contributed by atoms with van der Waals surface area (Å²) < 4.78 is 25.8. The Balaban J connectivity index is 1.78. The highest BCUT2D eigenvalue weighted by molar-refractivity contribution is 7.16. The number of thiophene rings is 1. The average Bonchev–Trinajstić information content (AvgIpc) is 2.81. The summed E-state index contributed by atoms with van der Waals surface area (Å²) in [7, 11) is 0. The number of nitrogens with one attached hydrogen (secondary N) is 1.